The van der Waals surface area contributed by atoms with Gasteiger partial charge in [0.2, 0.25) is 0 Å². The van der Waals surface area contributed by atoms with Crippen LogP contribution < -0.4 is 4.74 Å². The fourth-order valence-corrected chi connectivity index (χ4v) is 12.0. The van der Waals surface area contributed by atoms with Gasteiger partial charge in [-0.1, -0.05) is 87.6 Å². The minimum absolute atomic E-state index is 0.744. The summed E-state index contributed by atoms with van der Waals surface area (Å²) in [5, 5.41) is 10.6. The van der Waals surface area contributed by atoms with Gasteiger partial charge in [-0.2, -0.15) is 8.75 Å². The monoisotopic (exact) mass is 809 g/mol. The Morgan fingerprint density at radius 3 is 1.90 bits per heavy atom. The molecule has 11 rings (SSSR count). The van der Waals surface area contributed by atoms with Crippen molar-refractivity contribution in [2.75, 3.05) is 6.61 Å². The maximum Gasteiger partial charge on any atom is 0.121 e. The van der Waals surface area contributed by atoms with Crippen LogP contribution in [0.4, 0.5) is 0 Å². The lowest BCUT2D eigenvalue weighted by atomic mass is 9.87. The van der Waals surface area contributed by atoms with Gasteiger partial charge in [0.15, 0.2) is 0 Å². The second kappa shape index (κ2) is 14.2. The Hall–Kier alpha value is -5.34. The van der Waals surface area contributed by atoms with Crippen LogP contribution in [0.25, 0.3) is 102 Å². The smallest absolute Gasteiger partial charge is 0.121 e. The van der Waals surface area contributed by atoms with Gasteiger partial charge < -0.3 is 9.30 Å². The molecule has 0 saturated carbocycles. The second-order valence-corrected chi connectivity index (χ2v) is 18.9. The van der Waals surface area contributed by atoms with Gasteiger partial charge in [-0.05, 0) is 114 Å². The van der Waals surface area contributed by atoms with Crippen LogP contribution in [-0.4, -0.2) is 19.9 Å². The topological polar surface area (TPSA) is 39.9 Å². The van der Waals surface area contributed by atoms with E-state index in [4.69, 9.17) is 13.5 Å². The first-order chi connectivity index (χ1) is 28.5. The van der Waals surface area contributed by atoms with Crippen LogP contribution in [0, 0.1) is 20.8 Å². The highest BCUT2D eigenvalue weighted by atomic mass is 32.1. The molecular weight excluding hydrogens is 767 g/mol. The molecule has 0 N–H and O–H groups in total. The molecule has 0 atom stereocenters. The van der Waals surface area contributed by atoms with Crippen molar-refractivity contribution in [3.63, 3.8) is 0 Å². The van der Waals surface area contributed by atoms with Gasteiger partial charge in [0.05, 0.1) is 35.1 Å². The maximum atomic E-state index is 6.50. The molecule has 286 valence electrons. The normalized spacial score (nSPS) is 12.3. The molecule has 0 fully saturated rings. The molecule has 0 aliphatic rings. The number of nitrogens with zero attached hydrogens (tertiary/aromatic N) is 3. The number of aryl methyl sites for hydroxylation is 3. The minimum Gasteiger partial charge on any atom is -0.494 e. The van der Waals surface area contributed by atoms with E-state index in [2.05, 4.69) is 135 Å². The highest BCUT2D eigenvalue weighted by Crippen LogP contribution is 2.51. The molecule has 4 aromatic heterocycles. The van der Waals surface area contributed by atoms with Crippen molar-refractivity contribution in [1.82, 2.24) is 13.3 Å². The van der Waals surface area contributed by atoms with Gasteiger partial charge in [-0.25, -0.2) is 0 Å². The van der Waals surface area contributed by atoms with Crippen molar-refractivity contribution in [3.05, 3.63) is 119 Å². The van der Waals surface area contributed by atoms with Gasteiger partial charge in [-0.15, -0.1) is 22.7 Å². The highest BCUT2D eigenvalue weighted by molar-refractivity contribution is 7.19. The Bertz CT molecular complexity index is 3310. The summed E-state index contributed by atoms with van der Waals surface area (Å²) in [7, 11) is 0. The van der Waals surface area contributed by atoms with Gasteiger partial charge >= 0.3 is 0 Å². The summed E-state index contributed by atoms with van der Waals surface area (Å²) in [6.45, 7) is 9.64. The molecule has 11 aromatic rings. The van der Waals surface area contributed by atoms with Crippen LogP contribution in [0.5, 0.6) is 5.75 Å². The Labute approximate surface area is 350 Å². The molecule has 0 radical (unpaired) electrons. The molecule has 0 unspecified atom stereocenters. The zero-order valence-electron chi connectivity index (χ0n) is 33.2. The van der Waals surface area contributed by atoms with Gasteiger partial charge in [0.1, 0.15) is 16.8 Å². The number of benzene rings is 7. The summed E-state index contributed by atoms with van der Waals surface area (Å²) in [6, 6.07) is 38.9. The Kier molecular flexibility index (Phi) is 8.76. The lowest BCUT2D eigenvalue weighted by Gasteiger charge is -2.15. The predicted octanol–water partition coefficient (Wildman–Crippen LogP) is 15.9. The van der Waals surface area contributed by atoms with E-state index in [1.54, 1.807) is 0 Å². The zero-order chi connectivity index (χ0) is 39.1. The van der Waals surface area contributed by atoms with E-state index in [1.165, 1.54) is 134 Å². The summed E-state index contributed by atoms with van der Waals surface area (Å²) in [6.07, 6.45) is 7.49. The number of thiophene rings is 2. The van der Waals surface area contributed by atoms with Crippen molar-refractivity contribution in [2.45, 2.75) is 66.2 Å². The van der Waals surface area contributed by atoms with Gasteiger partial charge in [-0.3, -0.25) is 0 Å². The number of aromatic nitrogens is 3. The molecule has 7 aromatic carbocycles. The Balaban J connectivity index is 1.10. The van der Waals surface area contributed by atoms with Crippen LogP contribution >= 0.6 is 34.4 Å². The molecule has 0 aliphatic heterocycles. The fraction of sp³-hybridized carbons (Fsp3) is 0.216. The Morgan fingerprint density at radius 2 is 1.17 bits per heavy atom. The number of ether oxygens (including phenoxy) is 1. The summed E-state index contributed by atoms with van der Waals surface area (Å²) >= 11 is 4.95. The van der Waals surface area contributed by atoms with Crippen molar-refractivity contribution in [1.29, 1.82) is 0 Å². The number of fused-ring (bicyclic) bond motifs is 2. The first-order valence-electron chi connectivity index (χ1n) is 20.6. The van der Waals surface area contributed by atoms with Crippen LogP contribution in [0.3, 0.4) is 0 Å². The molecule has 0 aliphatic carbocycles. The average molecular weight is 810 g/mol. The second-order valence-electron chi connectivity index (χ2n) is 16.0. The largest absolute Gasteiger partial charge is 0.494 e. The summed E-state index contributed by atoms with van der Waals surface area (Å²) in [4.78, 5) is 4.98. The van der Waals surface area contributed by atoms with E-state index in [0.717, 1.165) is 46.6 Å². The van der Waals surface area contributed by atoms with E-state index in [1.807, 2.05) is 22.7 Å². The summed E-state index contributed by atoms with van der Waals surface area (Å²) in [5.41, 5.74) is 11.6. The molecule has 0 spiro atoms. The quantitative estimate of drug-likeness (QED) is 0.0701. The number of hydrogen-bond donors (Lipinski definition) is 0. The van der Waals surface area contributed by atoms with Crippen LogP contribution in [-0.2, 0) is 0 Å². The van der Waals surface area contributed by atoms with Gasteiger partial charge in [0.25, 0.3) is 0 Å². The molecule has 4 heterocycles. The van der Waals surface area contributed by atoms with E-state index < -0.39 is 0 Å². The molecule has 4 nitrogen and oxygen atoms in total. The molecule has 7 heteroatoms. The summed E-state index contributed by atoms with van der Waals surface area (Å²) < 4.78 is 18.7. The molecule has 58 heavy (non-hydrogen) atoms. The third-order valence-electron chi connectivity index (χ3n) is 12.1. The lowest BCUT2D eigenvalue weighted by Crippen LogP contribution is -2.00. The summed E-state index contributed by atoms with van der Waals surface area (Å²) in [5.74, 6) is 0.944. The van der Waals surface area contributed by atoms with E-state index in [9.17, 15) is 0 Å². The van der Waals surface area contributed by atoms with Crippen molar-refractivity contribution in [2.24, 2.45) is 0 Å². The number of unbranched alkanes of at least 4 members (excludes halogenated alkanes) is 5. The van der Waals surface area contributed by atoms with Gasteiger partial charge in [0, 0.05) is 58.4 Å². The molecule has 0 saturated heterocycles. The Morgan fingerprint density at radius 1 is 0.552 bits per heavy atom. The first-order valence-corrected chi connectivity index (χ1v) is 23.0. The van der Waals surface area contributed by atoms with Crippen LogP contribution in [0.2, 0.25) is 0 Å². The zero-order valence-corrected chi connectivity index (χ0v) is 35.7. The SMILES string of the molecule is CCCCCCCCOc1cc(C)cc(-n2c3cc(C)c4cccc5c6cccc7c(-c8ccc(-c9ccc(-c%10ccc(C)s%10)c%10nsnc9%10)s8)cc2c(c76)c3c45)c1. The lowest BCUT2D eigenvalue weighted by molar-refractivity contribution is 0.304. The third-order valence-corrected chi connectivity index (χ3v) is 14.8. The first kappa shape index (κ1) is 35.8. The third kappa shape index (κ3) is 5.65. The minimum atomic E-state index is 0.744. The van der Waals surface area contributed by atoms with Crippen LogP contribution in [0.1, 0.15) is 61.5 Å². The van der Waals surface area contributed by atoms with Crippen molar-refractivity contribution in [3.8, 4) is 42.8 Å². The molecular formula is C51H43N3OS3. The van der Waals surface area contributed by atoms with Crippen molar-refractivity contribution < 1.29 is 4.74 Å². The standard InChI is InChI=1S/C51H43N3OS3/c1-5-6-7-8-9-10-23-55-33-25-29(2)24-32(27-33)54-41-26-30(3)34-13-11-14-35-36-15-12-16-37-40(28-42(54)49(47(36)37)48(41)46(34)35)45-22-21-44(57-45)39-19-18-38(43-20-17-31(4)56-43)50-51(39)53-58-52-50/h11-22,24-28H,5-10,23H2,1-4H3. The fourth-order valence-electron chi connectivity index (χ4n) is 9.50. The maximum absolute atomic E-state index is 6.50. The predicted molar refractivity (Wildman–Crippen MR) is 252 cm³/mol. The molecule has 0 bridgehead atoms. The van der Waals surface area contributed by atoms with E-state index >= 15 is 0 Å². The molecule has 0 amide bonds. The van der Waals surface area contributed by atoms with Crippen molar-refractivity contribution >= 4 is 99.6 Å². The average Bonchev–Trinajstić information content (AvgIpc) is 4.06. The number of rotatable bonds is 12. The van der Waals surface area contributed by atoms with E-state index in [-0.39, 0.29) is 0 Å². The number of hydrogen-bond acceptors (Lipinski definition) is 6. The van der Waals surface area contributed by atoms with Crippen LogP contribution in [0.15, 0.2) is 103 Å². The van der Waals surface area contributed by atoms with E-state index in [0.29, 0.717) is 0 Å². The highest BCUT2D eigenvalue weighted by Gasteiger charge is 2.26.